The number of carbonyl (C=O) groups excluding carboxylic acids is 1. The standard InChI is InChI=1S/C12H15N3O/c1-12(2,3)11-14-13-10-6-4-5-9(7-8-16)15(10)11/h4-6,8H,7H2,1-3H3. The summed E-state index contributed by atoms with van der Waals surface area (Å²) in [5, 5.41) is 8.33. The van der Waals surface area contributed by atoms with Gasteiger partial charge in [0.2, 0.25) is 0 Å². The fourth-order valence-electron chi connectivity index (χ4n) is 1.74. The third-order valence-electron chi connectivity index (χ3n) is 2.47. The van der Waals surface area contributed by atoms with Crippen LogP contribution in [0.4, 0.5) is 0 Å². The molecule has 0 fully saturated rings. The van der Waals surface area contributed by atoms with Crippen LogP contribution in [0, 0.1) is 0 Å². The molecule has 4 heteroatoms. The van der Waals surface area contributed by atoms with Crippen LogP contribution < -0.4 is 0 Å². The number of hydrogen-bond donors (Lipinski definition) is 0. The summed E-state index contributed by atoms with van der Waals surface area (Å²) in [6.45, 7) is 6.25. The van der Waals surface area contributed by atoms with E-state index in [0.29, 0.717) is 6.42 Å². The number of pyridine rings is 1. The van der Waals surface area contributed by atoms with E-state index in [2.05, 4.69) is 31.0 Å². The lowest BCUT2D eigenvalue weighted by Gasteiger charge is -2.17. The minimum Gasteiger partial charge on any atom is -0.303 e. The van der Waals surface area contributed by atoms with Gasteiger partial charge in [0, 0.05) is 17.5 Å². The van der Waals surface area contributed by atoms with Crippen molar-refractivity contribution in [2.45, 2.75) is 32.6 Å². The number of fused-ring (bicyclic) bond motifs is 1. The number of carbonyl (C=O) groups is 1. The Balaban J connectivity index is 2.72. The molecule has 0 atom stereocenters. The predicted molar refractivity (Wildman–Crippen MR) is 61.5 cm³/mol. The minimum atomic E-state index is -0.0849. The van der Waals surface area contributed by atoms with E-state index in [1.807, 2.05) is 22.6 Å². The van der Waals surface area contributed by atoms with E-state index < -0.39 is 0 Å². The molecule has 0 saturated heterocycles. The third-order valence-corrected chi connectivity index (χ3v) is 2.47. The lowest BCUT2D eigenvalue weighted by molar-refractivity contribution is -0.107. The van der Waals surface area contributed by atoms with E-state index in [1.165, 1.54) is 0 Å². The molecule has 84 valence electrons. The monoisotopic (exact) mass is 217 g/mol. The Morgan fingerprint density at radius 2 is 2.06 bits per heavy atom. The highest BCUT2D eigenvalue weighted by molar-refractivity contribution is 5.55. The molecule has 2 aromatic heterocycles. The molecule has 0 amide bonds. The highest BCUT2D eigenvalue weighted by atomic mass is 16.1. The fraction of sp³-hybridized carbons (Fsp3) is 0.417. The zero-order valence-electron chi connectivity index (χ0n) is 9.77. The number of aldehydes is 1. The number of hydrogen-bond acceptors (Lipinski definition) is 3. The Bertz CT molecular complexity index is 523. The zero-order valence-corrected chi connectivity index (χ0v) is 9.77. The van der Waals surface area contributed by atoms with Gasteiger partial charge in [-0.05, 0) is 12.1 Å². The van der Waals surface area contributed by atoms with E-state index in [-0.39, 0.29) is 5.41 Å². The normalized spacial score (nSPS) is 11.9. The molecule has 0 spiro atoms. The molecule has 2 aromatic rings. The molecule has 2 rings (SSSR count). The van der Waals surface area contributed by atoms with Crippen molar-refractivity contribution >= 4 is 11.9 Å². The zero-order chi connectivity index (χ0) is 11.8. The van der Waals surface area contributed by atoms with Gasteiger partial charge in [-0.25, -0.2) is 0 Å². The van der Waals surface area contributed by atoms with Crippen molar-refractivity contribution in [3.8, 4) is 0 Å². The van der Waals surface area contributed by atoms with E-state index >= 15 is 0 Å². The highest BCUT2D eigenvalue weighted by Gasteiger charge is 2.21. The van der Waals surface area contributed by atoms with Gasteiger partial charge >= 0.3 is 0 Å². The van der Waals surface area contributed by atoms with Gasteiger partial charge < -0.3 is 4.79 Å². The maximum absolute atomic E-state index is 10.6. The van der Waals surface area contributed by atoms with Crippen molar-refractivity contribution in [3.05, 3.63) is 29.7 Å². The van der Waals surface area contributed by atoms with Crippen LogP contribution in [-0.4, -0.2) is 20.9 Å². The van der Waals surface area contributed by atoms with E-state index in [1.54, 1.807) is 0 Å². The second-order valence-corrected chi connectivity index (χ2v) is 4.86. The summed E-state index contributed by atoms with van der Waals surface area (Å²) < 4.78 is 1.97. The summed E-state index contributed by atoms with van der Waals surface area (Å²) >= 11 is 0. The summed E-state index contributed by atoms with van der Waals surface area (Å²) in [5.74, 6) is 0.889. The van der Waals surface area contributed by atoms with E-state index in [4.69, 9.17) is 0 Å². The number of rotatable bonds is 2. The molecule has 0 N–H and O–H groups in total. The minimum absolute atomic E-state index is 0.0849. The van der Waals surface area contributed by atoms with Gasteiger partial charge in [-0.2, -0.15) is 0 Å². The van der Waals surface area contributed by atoms with E-state index in [0.717, 1.165) is 23.5 Å². The lowest BCUT2D eigenvalue weighted by Crippen LogP contribution is -2.17. The summed E-state index contributed by atoms with van der Waals surface area (Å²) in [4.78, 5) is 10.6. The first kappa shape index (κ1) is 10.8. The van der Waals surface area contributed by atoms with Crippen molar-refractivity contribution in [1.29, 1.82) is 0 Å². The molecular weight excluding hydrogens is 202 g/mol. The van der Waals surface area contributed by atoms with Crippen LogP contribution in [0.3, 0.4) is 0 Å². The summed E-state index contributed by atoms with van der Waals surface area (Å²) in [6, 6.07) is 5.73. The highest BCUT2D eigenvalue weighted by Crippen LogP contribution is 2.22. The van der Waals surface area contributed by atoms with Gasteiger partial charge in [-0.1, -0.05) is 26.8 Å². The molecule has 0 saturated carbocycles. The first-order chi connectivity index (χ1) is 7.54. The molecule has 4 nitrogen and oxygen atoms in total. The van der Waals surface area contributed by atoms with Gasteiger partial charge in [0.1, 0.15) is 12.1 Å². The largest absolute Gasteiger partial charge is 0.303 e. The summed E-state index contributed by atoms with van der Waals surface area (Å²) in [5.41, 5.74) is 1.64. The second-order valence-electron chi connectivity index (χ2n) is 4.86. The topological polar surface area (TPSA) is 47.3 Å². The average Bonchev–Trinajstić information content (AvgIpc) is 2.62. The SMILES string of the molecule is CC(C)(C)c1nnc2cccc(CC=O)n12. The first-order valence-corrected chi connectivity index (χ1v) is 5.31. The second kappa shape index (κ2) is 3.70. The molecule has 0 aromatic carbocycles. The third kappa shape index (κ3) is 1.71. The van der Waals surface area contributed by atoms with Gasteiger partial charge in [0.25, 0.3) is 0 Å². The van der Waals surface area contributed by atoms with Crippen LogP contribution >= 0.6 is 0 Å². The molecular formula is C12H15N3O. The Morgan fingerprint density at radius 3 is 2.69 bits per heavy atom. The Kier molecular flexibility index (Phi) is 2.50. The van der Waals surface area contributed by atoms with Crippen molar-refractivity contribution in [2.24, 2.45) is 0 Å². The molecule has 16 heavy (non-hydrogen) atoms. The molecule has 0 bridgehead atoms. The van der Waals surface area contributed by atoms with Crippen LogP contribution in [0.15, 0.2) is 18.2 Å². The van der Waals surface area contributed by atoms with Crippen LogP contribution in [0.5, 0.6) is 0 Å². The Morgan fingerprint density at radius 1 is 1.31 bits per heavy atom. The van der Waals surface area contributed by atoms with Crippen LogP contribution in [0.25, 0.3) is 5.65 Å². The van der Waals surface area contributed by atoms with E-state index in [9.17, 15) is 4.79 Å². The van der Waals surface area contributed by atoms with Crippen LogP contribution in [0.1, 0.15) is 32.3 Å². The summed E-state index contributed by atoms with van der Waals surface area (Å²) in [6.07, 6.45) is 1.29. The van der Waals surface area contributed by atoms with Gasteiger partial charge in [0.05, 0.1) is 0 Å². The molecule has 0 aliphatic heterocycles. The number of aromatic nitrogens is 3. The lowest BCUT2D eigenvalue weighted by atomic mass is 9.95. The van der Waals surface area contributed by atoms with Crippen molar-refractivity contribution in [1.82, 2.24) is 14.6 Å². The maximum atomic E-state index is 10.6. The quantitative estimate of drug-likeness (QED) is 0.720. The molecule has 0 unspecified atom stereocenters. The number of nitrogens with zero attached hydrogens (tertiary/aromatic N) is 3. The van der Waals surface area contributed by atoms with Crippen LogP contribution in [-0.2, 0) is 16.6 Å². The first-order valence-electron chi connectivity index (χ1n) is 5.31. The average molecular weight is 217 g/mol. The van der Waals surface area contributed by atoms with Crippen molar-refractivity contribution < 1.29 is 4.79 Å². The molecule has 2 heterocycles. The molecule has 0 radical (unpaired) electrons. The maximum Gasteiger partial charge on any atom is 0.161 e. The van der Waals surface area contributed by atoms with Gasteiger partial charge in [0.15, 0.2) is 5.65 Å². The van der Waals surface area contributed by atoms with Gasteiger partial charge in [-0.15, -0.1) is 10.2 Å². The smallest absolute Gasteiger partial charge is 0.161 e. The summed E-state index contributed by atoms with van der Waals surface area (Å²) in [7, 11) is 0. The Labute approximate surface area is 94.3 Å². The van der Waals surface area contributed by atoms with Crippen molar-refractivity contribution in [2.75, 3.05) is 0 Å². The van der Waals surface area contributed by atoms with Gasteiger partial charge in [-0.3, -0.25) is 4.40 Å². The molecule has 0 aliphatic carbocycles. The van der Waals surface area contributed by atoms with Crippen molar-refractivity contribution in [3.63, 3.8) is 0 Å². The van der Waals surface area contributed by atoms with Crippen LogP contribution in [0.2, 0.25) is 0 Å². The predicted octanol–water partition coefficient (Wildman–Crippen LogP) is 1.77. The molecule has 0 aliphatic rings. The fourth-order valence-corrected chi connectivity index (χ4v) is 1.74. The Hall–Kier alpha value is -1.71.